The number of alkyl halides is 12. The Morgan fingerprint density at radius 3 is 0.590 bits per heavy atom. The molecule has 0 saturated heterocycles. The molecule has 78 heavy (non-hydrogen) atoms. The van der Waals surface area contributed by atoms with E-state index < -0.39 is 63.1 Å². The van der Waals surface area contributed by atoms with Gasteiger partial charge in [0, 0.05) is 0 Å². The van der Waals surface area contributed by atoms with Gasteiger partial charge in [0.05, 0.1) is 22.3 Å². The maximum absolute atomic E-state index is 15.8. The van der Waals surface area contributed by atoms with Crippen molar-refractivity contribution in [3.05, 3.63) is 285 Å². The summed E-state index contributed by atoms with van der Waals surface area (Å²) in [6.45, 7) is 3.42. The standard InChI is InChI=1S/C64H46F12Si2/c1-77(57(45-31-15-19-35-49(45)61(65,66)67)53(41-23-7-3-8-24-41)54(42-25-9-4-10-26-42)58(77)46-32-16-20-36-50(46)62(68,69)70)39-40-78(2)59(47-33-17-21-37-51(47)63(71,72)73)55(43-27-11-5-12-28-43)56(44-29-13-6-14-30-44)60(78)48-34-18-22-38-52(48)64(74,75)76/h3-38H,39-40H2,1-2H3. The van der Waals surface area contributed by atoms with Gasteiger partial charge in [-0.2, -0.15) is 52.7 Å². The van der Waals surface area contributed by atoms with Gasteiger partial charge in [-0.3, -0.25) is 0 Å². The molecule has 0 nitrogen and oxygen atoms in total. The number of hydrogen-bond acceptors (Lipinski definition) is 0. The van der Waals surface area contributed by atoms with Crippen LogP contribution in [0.15, 0.2) is 218 Å². The summed E-state index contributed by atoms with van der Waals surface area (Å²) < 4.78 is 190. The maximum atomic E-state index is 15.8. The molecular formula is C64H46F12Si2. The van der Waals surface area contributed by atoms with E-state index in [2.05, 4.69) is 0 Å². The Hall–Kier alpha value is -7.69. The summed E-state index contributed by atoms with van der Waals surface area (Å²) in [4.78, 5) is 0. The zero-order valence-electron chi connectivity index (χ0n) is 41.7. The second-order valence-corrected chi connectivity index (χ2v) is 28.1. The van der Waals surface area contributed by atoms with Crippen molar-refractivity contribution in [2.75, 3.05) is 0 Å². The summed E-state index contributed by atoms with van der Waals surface area (Å²) in [5.41, 5.74) is -2.91. The minimum Gasteiger partial charge on any atom is -0.166 e. The molecule has 0 radical (unpaired) electrons. The number of hydrogen-bond donors (Lipinski definition) is 0. The highest BCUT2D eigenvalue weighted by atomic mass is 28.3. The first kappa shape index (κ1) is 53.7. The van der Waals surface area contributed by atoms with Crippen LogP contribution in [0.4, 0.5) is 52.7 Å². The maximum Gasteiger partial charge on any atom is 0.416 e. The molecule has 0 bridgehead atoms. The zero-order chi connectivity index (χ0) is 55.4. The molecule has 0 saturated carbocycles. The molecule has 0 spiro atoms. The number of rotatable bonds is 11. The highest BCUT2D eigenvalue weighted by Gasteiger charge is 2.56. The molecule has 2 heterocycles. The summed E-state index contributed by atoms with van der Waals surface area (Å²) in [6.07, 6.45) is -20.0. The largest absolute Gasteiger partial charge is 0.416 e. The van der Waals surface area contributed by atoms with E-state index in [-0.39, 0.29) is 77.4 Å². The van der Waals surface area contributed by atoms with Gasteiger partial charge in [-0.15, -0.1) is 0 Å². The fourth-order valence-corrected chi connectivity index (χ4v) is 24.0. The van der Waals surface area contributed by atoms with Crippen LogP contribution in [-0.4, -0.2) is 16.1 Å². The van der Waals surface area contributed by atoms with Crippen LogP contribution in [0, 0.1) is 0 Å². The fraction of sp³-hybridized carbons (Fsp3) is 0.125. The number of benzene rings is 8. The summed E-state index contributed by atoms with van der Waals surface area (Å²) in [5, 5.41) is 0.489. The van der Waals surface area contributed by atoms with E-state index in [9.17, 15) is 0 Å². The zero-order valence-corrected chi connectivity index (χ0v) is 43.7. The van der Waals surface area contributed by atoms with Crippen LogP contribution < -0.4 is 0 Å². The highest BCUT2D eigenvalue weighted by Crippen LogP contribution is 2.64. The lowest BCUT2D eigenvalue weighted by Crippen LogP contribution is -2.40. The lowest BCUT2D eigenvalue weighted by Gasteiger charge is -2.38. The molecule has 0 aromatic heterocycles. The van der Waals surface area contributed by atoms with Gasteiger partial charge in [-0.25, -0.2) is 0 Å². The normalized spacial score (nSPS) is 15.9. The molecule has 8 aromatic rings. The number of allylic oxidation sites excluding steroid dienone is 4. The first-order valence-corrected chi connectivity index (χ1v) is 30.3. The van der Waals surface area contributed by atoms with Crippen molar-refractivity contribution in [1.82, 2.24) is 0 Å². The quantitative estimate of drug-likeness (QED) is 0.0894. The van der Waals surface area contributed by atoms with Gasteiger partial charge in [0.2, 0.25) is 0 Å². The van der Waals surface area contributed by atoms with Crippen LogP contribution in [-0.2, 0) is 24.7 Å². The summed E-state index contributed by atoms with van der Waals surface area (Å²) in [6, 6.07) is 52.6. The van der Waals surface area contributed by atoms with Crippen molar-refractivity contribution < 1.29 is 52.7 Å². The SMILES string of the molecule is C[Si]1(CC[Si]2(C)C(c3ccccc3C(F)(F)F)=C(c3ccccc3)C(c3ccccc3)=C2c2ccccc2C(F)(F)F)C(c2ccccc2C(F)(F)F)=C(c2ccccc2)C(c2ccccc2)=C1c1ccccc1C(F)(F)F. The Balaban J connectivity index is 1.40. The van der Waals surface area contributed by atoms with E-state index in [1.54, 1.807) is 134 Å². The third kappa shape index (κ3) is 9.63. The molecule has 394 valence electrons. The Labute approximate surface area is 445 Å². The smallest absolute Gasteiger partial charge is 0.166 e. The first-order chi connectivity index (χ1) is 37.0. The molecule has 0 atom stereocenters. The molecular weight excluding hydrogens is 1050 g/mol. The van der Waals surface area contributed by atoms with Gasteiger partial charge >= 0.3 is 24.7 Å². The van der Waals surface area contributed by atoms with E-state index in [1.165, 1.54) is 72.8 Å². The monoisotopic (exact) mass is 1100 g/mol. The van der Waals surface area contributed by atoms with Gasteiger partial charge in [0.15, 0.2) is 0 Å². The van der Waals surface area contributed by atoms with Gasteiger partial charge in [-0.1, -0.05) is 219 Å². The van der Waals surface area contributed by atoms with Crippen LogP contribution in [0.2, 0.25) is 25.2 Å². The molecule has 0 N–H and O–H groups in total. The summed E-state index contributed by atoms with van der Waals surface area (Å²) in [7, 11) is -8.83. The summed E-state index contributed by atoms with van der Waals surface area (Å²) >= 11 is 0. The van der Waals surface area contributed by atoms with Crippen molar-refractivity contribution in [2.24, 2.45) is 0 Å². The van der Waals surface area contributed by atoms with Crippen molar-refractivity contribution in [2.45, 2.75) is 49.9 Å². The van der Waals surface area contributed by atoms with Crippen molar-refractivity contribution in [3.8, 4) is 0 Å². The molecule has 0 fully saturated rings. The molecule has 2 aliphatic rings. The van der Waals surface area contributed by atoms with Crippen LogP contribution in [0.5, 0.6) is 0 Å². The first-order valence-electron chi connectivity index (χ1n) is 24.9. The molecule has 14 heteroatoms. The molecule has 10 rings (SSSR count). The minimum atomic E-state index is -5.00. The van der Waals surface area contributed by atoms with Gasteiger partial charge in [0.1, 0.15) is 16.1 Å². The molecule has 0 aliphatic carbocycles. The highest BCUT2D eigenvalue weighted by molar-refractivity contribution is 7.17. The Kier molecular flexibility index (Phi) is 14.0. The van der Waals surface area contributed by atoms with E-state index in [1.807, 2.05) is 0 Å². The fourth-order valence-electron chi connectivity index (χ4n) is 11.9. The Morgan fingerprint density at radius 2 is 0.410 bits per heavy atom. The molecule has 0 amide bonds. The van der Waals surface area contributed by atoms with E-state index in [0.717, 1.165) is 24.3 Å². The predicted octanol–water partition coefficient (Wildman–Crippen LogP) is 19.8. The van der Waals surface area contributed by atoms with Crippen molar-refractivity contribution in [3.63, 3.8) is 0 Å². The Bertz CT molecular complexity index is 3200. The van der Waals surface area contributed by atoms with Crippen molar-refractivity contribution >= 4 is 59.2 Å². The summed E-state index contributed by atoms with van der Waals surface area (Å²) in [5.74, 6) is 0. The van der Waals surface area contributed by atoms with Gasteiger partial charge in [0.25, 0.3) is 0 Å². The number of halogens is 12. The van der Waals surface area contributed by atoms with E-state index in [4.69, 9.17) is 0 Å². The van der Waals surface area contributed by atoms with Crippen LogP contribution in [0.3, 0.4) is 0 Å². The molecule has 0 unspecified atom stereocenters. The topological polar surface area (TPSA) is 0 Å². The predicted molar refractivity (Wildman–Crippen MR) is 292 cm³/mol. The lowest BCUT2D eigenvalue weighted by molar-refractivity contribution is -0.138. The molecule has 2 aliphatic heterocycles. The van der Waals surface area contributed by atoms with Crippen molar-refractivity contribution in [1.29, 1.82) is 0 Å². The lowest BCUT2D eigenvalue weighted by atomic mass is 9.88. The second-order valence-electron chi connectivity index (χ2n) is 19.8. The van der Waals surface area contributed by atoms with Gasteiger partial charge < -0.3 is 0 Å². The molecule has 8 aromatic carbocycles. The van der Waals surface area contributed by atoms with Crippen LogP contribution in [0.1, 0.15) is 66.8 Å². The van der Waals surface area contributed by atoms with Gasteiger partial charge in [-0.05, 0) is 112 Å². The minimum absolute atomic E-state index is 0.122. The average Bonchev–Trinajstić information content (AvgIpc) is 3.87. The van der Waals surface area contributed by atoms with E-state index >= 15 is 52.7 Å². The second kappa shape index (κ2) is 20.3. The third-order valence-corrected chi connectivity index (χ3v) is 24.6. The van der Waals surface area contributed by atoms with Crippen LogP contribution >= 0.6 is 0 Å². The van der Waals surface area contributed by atoms with Crippen LogP contribution in [0.25, 0.3) is 43.1 Å². The van der Waals surface area contributed by atoms with E-state index in [0.29, 0.717) is 22.3 Å². The third-order valence-electron chi connectivity index (χ3n) is 15.1. The Morgan fingerprint density at radius 1 is 0.244 bits per heavy atom. The average molecular weight is 1100 g/mol.